The third-order valence-electron chi connectivity index (χ3n) is 3.87. The third kappa shape index (κ3) is 5.67. The molecule has 0 unspecified atom stereocenters. The monoisotopic (exact) mass is 342 g/mol. The van der Waals surface area contributed by atoms with Gasteiger partial charge in [0.1, 0.15) is 5.75 Å². The van der Waals surface area contributed by atoms with Gasteiger partial charge >= 0.3 is 0 Å². The zero-order chi connectivity index (χ0) is 18.1. The van der Waals surface area contributed by atoms with E-state index in [-0.39, 0.29) is 0 Å². The Morgan fingerprint density at radius 2 is 1.92 bits per heavy atom. The summed E-state index contributed by atoms with van der Waals surface area (Å²) in [6, 6.07) is 10.1. The zero-order valence-electron chi connectivity index (χ0n) is 15.3. The molecule has 2 aromatic rings. The smallest absolute Gasteiger partial charge is 0.213 e. The minimum atomic E-state index is 0.607. The van der Waals surface area contributed by atoms with Crippen LogP contribution in [0.15, 0.2) is 41.5 Å². The Kier molecular flexibility index (Phi) is 7.07. The Bertz CT molecular complexity index is 716. The van der Waals surface area contributed by atoms with Crippen molar-refractivity contribution in [2.45, 2.75) is 19.9 Å². The Labute approximate surface area is 149 Å². The number of ether oxygens (including phenoxy) is 2. The van der Waals surface area contributed by atoms with Crippen molar-refractivity contribution in [3.63, 3.8) is 0 Å². The van der Waals surface area contributed by atoms with Gasteiger partial charge in [-0.15, -0.1) is 0 Å². The van der Waals surface area contributed by atoms with E-state index in [1.165, 1.54) is 5.56 Å². The highest BCUT2D eigenvalue weighted by atomic mass is 16.5. The van der Waals surface area contributed by atoms with Crippen molar-refractivity contribution >= 4 is 5.96 Å². The topological polar surface area (TPSA) is 67.8 Å². The molecule has 0 atom stereocenters. The summed E-state index contributed by atoms with van der Waals surface area (Å²) in [7, 11) is 5.07. The molecule has 0 fully saturated rings. The molecule has 0 radical (unpaired) electrons. The number of aliphatic imine (C=N–C) groups is 1. The number of nitrogens with zero attached hydrogens (tertiary/aromatic N) is 2. The molecule has 0 saturated carbocycles. The molecule has 0 aliphatic heterocycles. The molecular formula is C19H26N4O2. The highest BCUT2D eigenvalue weighted by molar-refractivity contribution is 5.79. The second-order valence-corrected chi connectivity index (χ2v) is 5.61. The lowest BCUT2D eigenvalue weighted by atomic mass is 10.1. The minimum Gasteiger partial charge on any atom is -0.496 e. The number of hydrogen-bond donors (Lipinski definition) is 2. The molecule has 134 valence electrons. The van der Waals surface area contributed by atoms with Crippen molar-refractivity contribution in [1.29, 1.82) is 0 Å². The zero-order valence-corrected chi connectivity index (χ0v) is 15.3. The minimum absolute atomic E-state index is 0.607. The summed E-state index contributed by atoms with van der Waals surface area (Å²) < 4.78 is 10.5. The number of hydrogen-bond acceptors (Lipinski definition) is 4. The van der Waals surface area contributed by atoms with E-state index in [0.29, 0.717) is 12.4 Å². The van der Waals surface area contributed by atoms with Gasteiger partial charge in [-0.05, 0) is 42.2 Å². The number of benzene rings is 1. The van der Waals surface area contributed by atoms with Crippen LogP contribution in [0.1, 0.15) is 16.7 Å². The molecular weight excluding hydrogens is 316 g/mol. The Morgan fingerprint density at radius 3 is 2.64 bits per heavy atom. The predicted octanol–water partition coefficient (Wildman–Crippen LogP) is 2.31. The van der Waals surface area contributed by atoms with E-state index in [4.69, 9.17) is 9.47 Å². The lowest BCUT2D eigenvalue weighted by Gasteiger charge is -2.13. The highest BCUT2D eigenvalue weighted by Gasteiger charge is 2.03. The van der Waals surface area contributed by atoms with Gasteiger partial charge in [-0.3, -0.25) is 4.99 Å². The molecule has 1 aromatic heterocycles. The van der Waals surface area contributed by atoms with Crippen LogP contribution in [0.4, 0.5) is 0 Å². The van der Waals surface area contributed by atoms with Crippen LogP contribution in [0.2, 0.25) is 0 Å². The standard InChI is InChI=1S/C19H26N4O2/c1-14-5-6-15(11-17(14)24-3)7-10-22-19(20-2)23-13-16-8-9-21-18(12-16)25-4/h5-6,8-9,11-12H,7,10,13H2,1-4H3,(H2,20,22,23). The highest BCUT2D eigenvalue weighted by Crippen LogP contribution is 2.19. The summed E-state index contributed by atoms with van der Waals surface area (Å²) >= 11 is 0. The van der Waals surface area contributed by atoms with Crippen molar-refractivity contribution in [3.05, 3.63) is 53.2 Å². The number of rotatable bonds is 7. The normalized spacial score (nSPS) is 11.1. The summed E-state index contributed by atoms with van der Waals surface area (Å²) in [4.78, 5) is 8.35. The number of aromatic nitrogens is 1. The van der Waals surface area contributed by atoms with Crippen LogP contribution in [0, 0.1) is 6.92 Å². The van der Waals surface area contributed by atoms with Crippen molar-refractivity contribution < 1.29 is 9.47 Å². The van der Waals surface area contributed by atoms with Crippen LogP contribution in [-0.2, 0) is 13.0 Å². The molecule has 25 heavy (non-hydrogen) atoms. The average molecular weight is 342 g/mol. The van der Waals surface area contributed by atoms with Gasteiger partial charge < -0.3 is 20.1 Å². The van der Waals surface area contributed by atoms with Gasteiger partial charge in [-0.1, -0.05) is 12.1 Å². The molecule has 0 bridgehead atoms. The fraction of sp³-hybridized carbons (Fsp3) is 0.368. The van der Waals surface area contributed by atoms with E-state index in [1.807, 2.05) is 19.1 Å². The maximum Gasteiger partial charge on any atom is 0.213 e. The largest absolute Gasteiger partial charge is 0.496 e. The van der Waals surface area contributed by atoms with E-state index < -0.39 is 0 Å². The van der Waals surface area contributed by atoms with Gasteiger partial charge in [0.05, 0.1) is 14.2 Å². The lowest BCUT2D eigenvalue weighted by Crippen LogP contribution is -2.37. The molecule has 0 amide bonds. The Morgan fingerprint density at radius 1 is 1.08 bits per heavy atom. The van der Waals surface area contributed by atoms with Crippen LogP contribution in [0.3, 0.4) is 0 Å². The van der Waals surface area contributed by atoms with Crippen LogP contribution in [0.25, 0.3) is 0 Å². The fourth-order valence-corrected chi connectivity index (χ4v) is 2.42. The number of aryl methyl sites for hydroxylation is 1. The first-order valence-corrected chi connectivity index (χ1v) is 8.23. The van der Waals surface area contributed by atoms with Gasteiger partial charge in [-0.2, -0.15) is 0 Å². The second-order valence-electron chi connectivity index (χ2n) is 5.61. The van der Waals surface area contributed by atoms with Gasteiger partial charge in [0.2, 0.25) is 5.88 Å². The van der Waals surface area contributed by atoms with Gasteiger partial charge in [0, 0.05) is 32.4 Å². The number of methoxy groups -OCH3 is 2. The summed E-state index contributed by atoms with van der Waals surface area (Å²) in [5.41, 5.74) is 3.45. The summed E-state index contributed by atoms with van der Waals surface area (Å²) in [6.45, 7) is 3.48. The molecule has 6 heteroatoms. The predicted molar refractivity (Wildman–Crippen MR) is 100 cm³/mol. The van der Waals surface area contributed by atoms with E-state index in [1.54, 1.807) is 27.5 Å². The van der Waals surface area contributed by atoms with Crippen LogP contribution >= 0.6 is 0 Å². The quantitative estimate of drug-likeness (QED) is 0.597. The summed E-state index contributed by atoms with van der Waals surface area (Å²) in [5.74, 6) is 2.29. The maximum absolute atomic E-state index is 5.37. The maximum atomic E-state index is 5.37. The van der Waals surface area contributed by atoms with Gasteiger partial charge in [0.15, 0.2) is 5.96 Å². The van der Waals surface area contributed by atoms with Crippen molar-refractivity contribution in [2.24, 2.45) is 4.99 Å². The molecule has 1 aromatic carbocycles. The Balaban J connectivity index is 1.82. The first-order chi connectivity index (χ1) is 12.2. The van der Waals surface area contributed by atoms with Crippen molar-refractivity contribution in [1.82, 2.24) is 15.6 Å². The average Bonchev–Trinajstić information content (AvgIpc) is 2.65. The first kappa shape index (κ1) is 18.6. The van der Waals surface area contributed by atoms with Gasteiger partial charge in [-0.25, -0.2) is 4.98 Å². The fourth-order valence-electron chi connectivity index (χ4n) is 2.42. The van der Waals surface area contributed by atoms with E-state index >= 15 is 0 Å². The molecule has 0 spiro atoms. The number of nitrogens with one attached hydrogen (secondary N) is 2. The van der Waals surface area contributed by atoms with E-state index in [0.717, 1.165) is 35.8 Å². The molecule has 2 rings (SSSR count). The Hall–Kier alpha value is -2.76. The molecule has 2 N–H and O–H groups in total. The number of pyridine rings is 1. The lowest BCUT2D eigenvalue weighted by molar-refractivity contribution is 0.397. The number of guanidine groups is 1. The summed E-state index contributed by atoms with van der Waals surface area (Å²) in [5, 5.41) is 6.61. The van der Waals surface area contributed by atoms with Crippen molar-refractivity contribution in [2.75, 3.05) is 27.8 Å². The van der Waals surface area contributed by atoms with E-state index in [9.17, 15) is 0 Å². The SMILES string of the molecule is CN=C(NCCc1ccc(C)c(OC)c1)NCc1ccnc(OC)c1. The molecule has 0 aliphatic rings. The summed E-state index contributed by atoms with van der Waals surface area (Å²) in [6.07, 6.45) is 2.62. The van der Waals surface area contributed by atoms with Crippen LogP contribution in [0.5, 0.6) is 11.6 Å². The first-order valence-electron chi connectivity index (χ1n) is 8.23. The molecule has 1 heterocycles. The van der Waals surface area contributed by atoms with E-state index in [2.05, 4.69) is 38.8 Å². The van der Waals surface area contributed by atoms with Crippen molar-refractivity contribution in [3.8, 4) is 11.6 Å². The molecule has 0 aliphatic carbocycles. The molecule has 6 nitrogen and oxygen atoms in total. The van der Waals surface area contributed by atoms with Crippen LogP contribution < -0.4 is 20.1 Å². The van der Waals surface area contributed by atoms with Gasteiger partial charge in [0.25, 0.3) is 0 Å². The third-order valence-corrected chi connectivity index (χ3v) is 3.87. The second kappa shape index (κ2) is 9.52. The molecule has 0 saturated heterocycles. The van der Waals surface area contributed by atoms with Crippen LogP contribution in [-0.4, -0.2) is 38.8 Å².